The summed E-state index contributed by atoms with van der Waals surface area (Å²) in [6, 6.07) is 0.204. The van der Waals surface area contributed by atoms with Gasteiger partial charge in [0.2, 0.25) is 0 Å². The zero-order valence-electron chi connectivity index (χ0n) is 11.9. The molecular weight excluding hydrogens is 214 g/mol. The lowest BCUT2D eigenvalue weighted by molar-refractivity contribution is -0.146. The molecule has 1 aliphatic carbocycles. The van der Waals surface area contributed by atoms with Gasteiger partial charge in [0.1, 0.15) is 0 Å². The lowest BCUT2D eigenvalue weighted by atomic mass is 9.78. The maximum atomic E-state index is 11.3. The summed E-state index contributed by atoms with van der Waals surface area (Å²) >= 11 is 0. The Labute approximate surface area is 105 Å². The lowest BCUT2D eigenvalue weighted by Gasteiger charge is -2.40. The molecule has 0 aromatic rings. The van der Waals surface area contributed by atoms with Gasteiger partial charge in [-0.2, -0.15) is 0 Å². The fourth-order valence-electron chi connectivity index (χ4n) is 2.99. The van der Waals surface area contributed by atoms with E-state index in [4.69, 9.17) is 0 Å². The van der Waals surface area contributed by atoms with Crippen molar-refractivity contribution in [1.82, 2.24) is 4.90 Å². The van der Waals surface area contributed by atoms with Crippen LogP contribution in [0, 0.1) is 17.3 Å². The van der Waals surface area contributed by atoms with E-state index in [0.717, 1.165) is 25.8 Å². The molecule has 1 saturated carbocycles. The molecule has 0 amide bonds. The van der Waals surface area contributed by atoms with Crippen LogP contribution in [0.15, 0.2) is 0 Å². The Balaban J connectivity index is 2.71. The number of carboxylic acid groups (broad SMARTS) is 1. The van der Waals surface area contributed by atoms with Crippen molar-refractivity contribution < 1.29 is 9.90 Å². The van der Waals surface area contributed by atoms with Crippen LogP contribution in [0.4, 0.5) is 0 Å². The molecule has 0 aromatic carbocycles. The standard InChI is InChI=1S/C14H27NO2/c1-10-6-7-11(13(16)17)12(8-10)15(5)9-14(2,3)4/h10-12H,6-9H2,1-5H3,(H,16,17). The highest BCUT2D eigenvalue weighted by Crippen LogP contribution is 2.33. The molecule has 0 heterocycles. The minimum absolute atomic E-state index is 0.182. The molecule has 1 N–H and O–H groups in total. The normalized spacial score (nSPS) is 30.6. The molecule has 1 rings (SSSR count). The Hall–Kier alpha value is -0.570. The topological polar surface area (TPSA) is 40.5 Å². The first-order valence-corrected chi connectivity index (χ1v) is 6.64. The number of carbonyl (C=O) groups is 1. The highest BCUT2D eigenvalue weighted by atomic mass is 16.4. The molecular formula is C14H27NO2. The molecule has 3 heteroatoms. The van der Waals surface area contributed by atoms with Crippen LogP contribution in [0.5, 0.6) is 0 Å². The Bertz CT molecular complexity index is 270. The van der Waals surface area contributed by atoms with Crippen molar-refractivity contribution in [3.8, 4) is 0 Å². The zero-order chi connectivity index (χ0) is 13.2. The number of hydrogen-bond acceptors (Lipinski definition) is 2. The van der Waals surface area contributed by atoms with Crippen LogP contribution < -0.4 is 0 Å². The number of carboxylic acids is 1. The molecule has 0 aliphatic heterocycles. The van der Waals surface area contributed by atoms with Gasteiger partial charge in [-0.25, -0.2) is 0 Å². The second-order valence-corrected chi connectivity index (χ2v) is 6.91. The van der Waals surface area contributed by atoms with Gasteiger partial charge in [0, 0.05) is 12.6 Å². The molecule has 3 atom stereocenters. The molecule has 1 fully saturated rings. The maximum absolute atomic E-state index is 11.3. The molecule has 0 aromatic heterocycles. The van der Waals surface area contributed by atoms with Crippen molar-refractivity contribution in [2.24, 2.45) is 17.3 Å². The summed E-state index contributed by atoms with van der Waals surface area (Å²) in [5.74, 6) is -0.153. The first kappa shape index (κ1) is 14.5. The van der Waals surface area contributed by atoms with Crippen LogP contribution in [0.25, 0.3) is 0 Å². The maximum Gasteiger partial charge on any atom is 0.308 e. The van der Waals surface area contributed by atoms with E-state index in [1.807, 2.05) is 0 Å². The Kier molecular flexibility index (Phi) is 4.59. The number of nitrogens with zero attached hydrogens (tertiary/aromatic N) is 1. The summed E-state index contributed by atoms with van der Waals surface area (Å²) in [5, 5.41) is 9.32. The monoisotopic (exact) mass is 241 g/mol. The first-order chi connectivity index (χ1) is 7.70. The SMILES string of the molecule is CC1CCC(C(=O)O)C(N(C)CC(C)(C)C)C1. The van der Waals surface area contributed by atoms with Gasteiger partial charge in [0.05, 0.1) is 5.92 Å². The molecule has 0 spiro atoms. The Morgan fingerprint density at radius 3 is 2.41 bits per heavy atom. The van der Waals surface area contributed by atoms with Crippen LogP contribution in [0.3, 0.4) is 0 Å². The smallest absolute Gasteiger partial charge is 0.308 e. The summed E-state index contributed by atoms with van der Waals surface area (Å²) in [5.41, 5.74) is 0.221. The molecule has 3 nitrogen and oxygen atoms in total. The predicted octanol–water partition coefficient (Wildman–Crippen LogP) is 2.85. The third-order valence-corrected chi connectivity index (χ3v) is 3.69. The van der Waals surface area contributed by atoms with E-state index in [1.54, 1.807) is 0 Å². The van der Waals surface area contributed by atoms with E-state index in [0.29, 0.717) is 5.92 Å². The van der Waals surface area contributed by atoms with Crippen LogP contribution in [0.1, 0.15) is 47.0 Å². The van der Waals surface area contributed by atoms with E-state index in [2.05, 4.69) is 39.6 Å². The minimum atomic E-state index is -0.623. The second kappa shape index (κ2) is 5.38. The average molecular weight is 241 g/mol. The highest BCUT2D eigenvalue weighted by molar-refractivity contribution is 5.71. The van der Waals surface area contributed by atoms with Crippen molar-refractivity contribution >= 4 is 5.97 Å². The van der Waals surface area contributed by atoms with Crippen molar-refractivity contribution in [3.05, 3.63) is 0 Å². The molecule has 100 valence electrons. The van der Waals surface area contributed by atoms with Crippen molar-refractivity contribution in [3.63, 3.8) is 0 Å². The third-order valence-electron chi connectivity index (χ3n) is 3.69. The van der Waals surface area contributed by atoms with Gasteiger partial charge >= 0.3 is 5.97 Å². The Morgan fingerprint density at radius 2 is 1.94 bits per heavy atom. The average Bonchev–Trinajstić information content (AvgIpc) is 2.14. The van der Waals surface area contributed by atoms with Gasteiger partial charge in [-0.3, -0.25) is 4.79 Å². The van der Waals surface area contributed by atoms with E-state index in [9.17, 15) is 9.90 Å². The lowest BCUT2D eigenvalue weighted by Crippen LogP contribution is -2.47. The number of rotatable bonds is 3. The molecule has 1 aliphatic rings. The molecule has 0 saturated heterocycles. The van der Waals surface area contributed by atoms with Crippen molar-refractivity contribution in [2.45, 2.75) is 53.0 Å². The van der Waals surface area contributed by atoms with Crippen molar-refractivity contribution in [1.29, 1.82) is 0 Å². The quantitative estimate of drug-likeness (QED) is 0.826. The summed E-state index contributed by atoms with van der Waals surface area (Å²) in [4.78, 5) is 13.6. The molecule has 17 heavy (non-hydrogen) atoms. The van der Waals surface area contributed by atoms with Gasteiger partial charge in [0.15, 0.2) is 0 Å². The predicted molar refractivity (Wildman–Crippen MR) is 70.0 cm³/mol. The molecule has 0 bridgehead atoms. The van der Waals surface area contributed by atoms with Crippen LogP contribution in [-0.4, -0.2) is 35.6 Å². The zero-order valence-corrected chi connectivity index (χ0v) is 11.9. The van der Waals surface area contributed by atoms with Gasteiger partial charge in [-0.05, 0) is 37.6 Å². The van der Waals surface area contributed by atoms with E-state index >= 15 is 0 Å². The van der Waals surface area contributed by atoms with E-state index < -0.39 is 5.97 Å². The highest BCUT2D eigenvalue weighted by Gasteiger charge is 2.36. The van der Waals surface area contributed by atoms with Gasteiger partial charge in [-0.1, -0.05) is 27.7 Å². The van der Waals surface area contributed by atoms with Crippen LogP contribution >= 0.6 is 0 Å². The minimum Gasteiger partial charge on any atom is -0.481 e. The third kappa shape index (κ3) is 4.30. The van der Waals surface area contributed by atoms with Crippen LogP contribution in [0.2, 0.25) is 0 Å². The van der Waals surface area contributed by atoms with Gasteiger partial charge in [0.25, 0.3) is 0 Å². The van der Waals surface area contributed by atoms with Crippen LogP contribution in [-0.2, 0) is 4.79 Å². The fourth-order valence-corrected chi connectivity index (χ4v) is 2.99. The molecule has 0 radical (unpaired) electrons. The van der Waals surface area contributed by atoms with Gasteiger partial charge < -0.3 is 10.0 Å². The van der Waals surface area contributed by atoms with E-state index in [-0.39, 0.29) is 17.4 Å². The van der Waals surface area contributed by atoms with Crippen molar-refractivity contribution in [2.75, 3.05) is 13.6 Å². The first-order valence-electron chi connectivity index (χ1n) is 6.64. The largest absolute Gasteiger partial charge is 0.481 e. The van der Waals surface area contributed by atoms with Gasteiger partial charge in [-0.15, -0.1) is 0 Å². The summed E-state index contributed by atoms with van der Waals surface area (Å²) in [7, 11) is 2.07. The Morgan fingerprint density at radius 1 is 1.35 bits per heavy atom. The summed E-state index contributed by atoms with van der Waals surface area (Å²) in [6.45, 7) is 9.78. The summed E-state index contributed by atoms with van der Waals surface area (Å²) < 4.78 is 0. The molecule has 3 unspecified atom stereocenters. The fraction of sp³-hybridized carbons (Fsp3) is 0.929. The summed E-state index contributed by atoms with van der Waals surface area (Å²) in [6.07, 6.45) is 2.90. The number of aliphatic carboxylic acids is 1. The number of hydrogen-bond donors (Lipinski definition) is 1. The second-order valence-electron chi connectivity index (χ2n) is 6.91. The van der Waals surface area contributed by atoms with E-state index in [1.165, 1.54) is 0 Å².